The molecule has 22 heavy (non-hydrogen) atoms. The van der Waals surface area contributed by atoms with Crippen molar-refractivity contribution in [3.8, 4) is 0 Å². The van der Waals surface area contributed by atoms with E-state index in [1.54, 1.807) is 23.5 Å². The first-order valence-electron chi connectivity index (χ1n) is 6.61. The molecule has 1 aromatic carbocycles. The Morgan fingerprint density at radius 1 is 1.18 bits per heavy atom. The number of nitrogens with one attached hydrogen (secondary N) is 2. The van der Waals surface area contributed by atoms with Crippen LogP contribution in [0.15, 0.2) is 46.7 Å². The van der Waals surface area contributed by atoms with Crippen LogP contribution in [0, 0.1) is 0 Å². The van der Waals surface area contributed by atoms with Gasteiger partial charge in [-0.05, 0) is 47.8 Å². The van der Waals surface area contributed by atoms with E-state index in [2.05, 4.69) is 10.6 Å². The van der Waals surface area contributed by atoms with Gasteiger partial charge in [-0.2, -0.15) is 0 Å². The van der Waals surface area contributed by atoms with Crippen molar-refractivity contribution in [1.82, 2.24) is 10.6 Å². The molecule has 2 aromatic rings. The van der Waals surface area contributed by atoms with Gasteiger partial charge < -0.3 is 10.6 Å². The Morgan fingerprint density at radius 2 is 1.91 bits per heavy atom. The van der Waals surface area contributed by atoms with Gasteiger partial charge >= 0.3 is 0 Å². The van der Waals surface area contributed by atoms with E-state index in [9.17, 15) is 8.42 Å². The van der Waals surface area contributed by atoms with Crippen molar-refractivity contribution in [2.75, 3.05) is 6.54 Å². The highest BCUT2D eigenvalue weighted by molar-refractivity contribution is 7.89. The Kier molecular flexibility index (Phi) is 5.90. The minimum absolute atomic E-state index is 0.123. The number of benzene rings is 1. The number of rotatable bonds is 6. The van der Waals surface area contributed by atoms with Crippen LogP contribution >= 0.6 is 23.6 Å². The summed E-state index contributed by atoms with van der Waals surface area (Å²) in [6.45, 7) is 1.39. The third-order valence-corrected chi connectivity index (χ3v) is 5.05. The molecule has 0 saturated heterocycles. The fourth-order valence-electron chi connectivity index (χ4n) is 1.81. The predicted molar refractivity (Wildman–Crippen MR) is 93.3 cm³/mol. The zero-order chi connectivity index (χ0) is 16.0. The zero-order valence-corrected chi connectivity index (χ0v) is 14.2. The fourth-order valence-corrected chi connectivity index (χ4v) is 3.14. The third kappa shape index (κ3) is 5.38. The average Bonchev–Trinajstić information content (AvgIpc) is 2.98. The minimum Gasteiger partial charge on any atom is -0.362 e. The van der Waals surface area contributed by atoms with Gasteiger partial charge in [0, 0.05) is 11.4 Å². The van der Waals surface area contributed by atoms with E-state index in [-0.39, 0.29) is 4.90 Å². The highest BCUT2D eigenvalue weighted by Gasteiger charge is 2.06. The van der Waals surface area contributed by atoms with Crippen LogP contribution in [-0.2, 0) is 23.0 Å². The van der Waals surface area contributed by atoms with Crippen LogP contribution in [0.5, 0.6) is 0 Å². The second-order valence-electron chi connectivity index (χ2n) is 4.63. The van der Waals surface area contributed by atoms with Gasteiger partial charge in [0.2, 0.25) is 10.0 Å². The Hall–Kier alpha value is -1.48. The number of hydrogen-bond acceptors (Lipinski definition) is 4. The van der Waals surface area contributed by atoms with Gasteiger partial charge in [-0.1, -0.05) is 18.2 Å². The van der Waals surface area contributed by atoms with E-state index in [0.717, 1.165) is 12.0 Å². The summed E-state index contributed by atoms with van der Waals surface area (Å²) in [5.41, 5.74) is 1.01. The molecule has 8 heteroatoms. The Labute approximate surface area is 139 Å². The van der Waals surface area contributed by atoms with Gasteiger partial charge in [0.15, 0.2) is 5.11 Å². The standard InChI is InChI=1S/C14H17N3O2S3/c15-22(18,19)13-5-3-11(4-6-13)7-8-16-14(20)17-10-12-2-1-9-21-12/h1-6,9H,7-8,10H2,(H2,15,18,19)(H2,16,17,20). The third-order valence-electron chi connectivity index (χ3n) is 2.95. The van der Waals surface area contributed by atoms with Crippen LogP contribution in [0.2, 0.25) is 0 Å². The number of nitrogens with two attached hydrogens (primary N) is 1. The van der Waals surface area contributed by atoms with Gasteiger partial charge in [-0.25, -0.2) is 13.6 Å². The van der Waals surface area contributed by atoms with Crippen molar-refractivity contribution < 1.29 is 8.42 Å². The molecule has 0 aliphatic carbocycles. The van der Waals surface area contributed by atoms with Gasteiger partial charge in [-0.3, -0.25) is 0 Å². The number of thiocarbonyl (C=S) groups is 1. The molecule has 1 heterocycles. The quantitative estimate of drug-likeness (QED) is 0.686. The van der Waals surface area contributed by atoms with E-state index in [0.29, 0.717) is 18.2 Å². The normalized spacial score (nSPS) is 11.1. The molecule has 0 saturated carbocycles. The molecular formula is C14H17N3O2S3. The molecule has 4 N–H and O–H groups in total. The maximum absolute atomic E-state index is 11.2. The summed E-state index contributed by atoms with van der Waals surface area (Å²) >= 11 is 6.88. The van der Waals surface area contributed by atoms with Gasteiger partial charge in [0.25, 0.3) is 0 Å². The second-order valence-corrected chi connectivity index (χ2v) is 7.63. The van der Waals surface area contributed by atoms with Gasteiger partial charge in [0.05, 0.1) is 11.4 Å². The molecule has 0 unspecified atom stereocenters. The molecule has 0 amide bonds. The zero-order valence-electron chi connectivity index (χ0n) is 11.8. The van der Waals surface area contributed by atoms with Crippen LogP contribution < -0.4 is 15.8 Å². The molecule has 1 aromatic heterocycles. The van der Waals surface area contributed by atoms with E-state index < -0.39 is 10.0 Å². The first-order valence-corrected chi connectivity index (χ1v) is 9.44. The first kappa shape index (κ1) is 16.9. The summed E-state index contributed by atoms with van der Waals surface area (Å²) in [7, 11) is -3.63. The van der Waals surface area contributed by atoms with E-state index in [1.807, 2.05) is 17.5 Å². The Morgan fingerprint density at radius 3 is 2.50 bits per heavy atom. The monoisotopic (exact) mass is 355 g/mol. The fraction of sp³-hybridized carbons (Fsp3) is 0.214. The Balaban J connectivity index is 1.73. The van der Waals surface area contributed by atoms with Crippen LogP contribution in [0.1, 0.15) is 10.4 Å². The SMILES string of the molecule is NS(=O)(=O)c1ccc(CCNC(=S)NCc2cccs2)cc1. The minimum atomic E-state index is -3.63. The number of primary sulfonamides is 1. The maximum atomic E-state index is 11.2. The molecule has 0 spiro atoms. The molecule has 2 rings (SSSR count). The summed E-state index contributed by atoms with van der Waals surface area (Å²) in [5.74, 6) is 0. The smallest absolute Gasteiger partial charge is 0.238 e. The van der Waals surface area contributed by atoms with Crippen molar-refractivity contribution in [1.29, 1.82) is 0 Å². The Bertz CT molecular complexity index is 710. The molecular weight excluding hydrogens is 338 g/mol. The molecule has 0 aliphatic rings. The highest BCUT2D eigenvalue weighted by atomic mass is 32.2. The lowest BCUT2D eigenvalue weighted by Gasteiger charge is -2.10. The first-order chi connectivity index (χ1) is 10.4. The van der Waals surface area contributed by atoms with Crippen LogP contribution in [0.4, 0.5) is 0 Å². The topological polar surface area (TPSA) is 84.2 Å². The predicted octanol–water partition coefficient (Wildman–Crippen LogP) is 1.60. The summed E-state index contributed by atoms with van der Waals surface area (Å²) in [4.78, 5) is 1.35. The van der Waals surface area contributed by atoms with E-state index >= 15 is 0 Å². The lowest BCUT2D eigenvalue weighted by molar-refractivity contribution is 0.598. The van der Waals surface area contributed by atoms with Crippen LogP contribution in [0.3, 0.4) is 0 Å². The summed E-state index contributed by atoms with van der Waals surface area (Å²) in [5, 5.41) is 13.9. The van der Waals surface area contributed by atoms with Gasteiger partial charge in [0.1, 0.15) is 0 Å². The average molecular weight is 356 g/mol. The van der Waals surface area contributed by atoms with E-state index in [1.165, 1.54) is 17.0 Å². The molecule has 5 nitrogen and oxygen atoms in total. The van der Waals surface area contributed by atoms with Crippen molar-refractivity contribution in [2.45, 2.75) is 17.9 Å². The number of sulfonamides is 1. The van der Waals surface area contributed by atoms with Crippen molar-refractivity contribution >= 4 is 38.7 Å². The van der Waals surface area contributed by atoms with E-state index in [4.69, 9.17) is 17.4 Å². The highest BCUT2D eigenvalue weighted by Crippen LogP contribution is 2.09. The largest absolute Gasteiger partial charge is 0.362 e. The molecule has 0 aliphatic heterocycles. The molecule has 118 valence electrons. The molecule has 0 radical (unpaired) electrons. The second kappa shape index (κ2) is 7.68. The van der Waals surface area contributed by atoms with Crippen LogP contribution in [0.25, 0.3) is 0 Å². The lowest BCUT2D eigenvalue weighted by atomic mass is 10.1. The summed E-state index contributed by atoms with van der Waals surface area (Å²) in [6, 6.07) is 10.6. The van der Waals surface area contributed by atoms with Crippen molar-refractivity contribution in [3.63, 3.8) is 0 Å². The van der Waals surface area contributed by atoms with Crippen molar-refractivity contribution in [3.05, 3.63) is 52.2 Å². The summed E-state index contributed by atoms with van der Waals surface area (Å²) in [6.07, 6.45) is 0.742. The molecule has 0 fully saturated rings. The summed E-state index contributed by atoms with van der Waals surface area (Å²) < 4.78 is 22.3. The molecule has 0 atom stereocenters. The van der Waals surface area contributed by atoms with Gasteiger partial charge in [-0.15, -0.1) is 11.3 Å². The van der Waals surface area contributed by atoms with Crippen LogP contribution in [-0.4, -0.2) is 20.1 Å². The number of thiophene rings is 1. The molecule has 0 bridgehead atoms. The number of hydrogen-bond donors (Lipinski definition) is 3. The lowest BCUT2D eigenvalue weighted by Crippen LogP contribution is -2.35. The van der Waals surface area contributed by atoms with Crippen molar-refractivity contribution in [2.24, 2.45) is 5.14 Å². The maximum Gasteiger partial charge on any atom is 0.238 e.